The maximum atomic E-state index is 10.5. The minimum Gasteiger partial charge on any atom is -0.478 e. The molecular formula is C14H19NO3S. The fraction of sp³-hybridized carbons (Fsp3) is 0.500. The molecule has 0 saturated carbocycles. The average Bonchev–Trinajstić information content (AvgIpc) is 2.72. The van der Waals surface area contributed by atoms with Gasteiger partial charge < -0.3 is 9.84 Å². The number of carbonyl (C=O) groups is 1. The van der Waals surface area contributed by atoms with Gasteiger partial charge in [-0.15, -0.1) is 11.3 Å². The largest absolute Gasteiger partial charge is 0.478 e. The second-order valence-electron chi connectivity index (χ2n) is 4.97. The highest BCUT2D eigenvalue weighted by Gasteiger charge is 2.22. The van der Waals surface area contributed by atoms with Gasteiger partial charge in [0.1, 0.15) is 0 Å². The van der Waals surface area contributed by atoms with Gasteiger partial charge in [0.2, 0.25) is 0 Å². The van der Waals surface area contributed by atoms with Crippen LogP contribution in [0.4, 0.5) is 0 Å². The Kier molecular flexibility index (Phi) is 4.74. The molecule has 2 atom stereocenters. The predicted molar refractivity (Wildman–Crippen MR) is 76.3 cm³/mol. The summed E-state index contributed by atoms with van der Waals surface area (Å²) >= 11 is 1.67. The highest BCUT2D eigenvalue weighted by Crippen LogP contribution is 2.20. The average molecular weight is 281 g/mol. The third kappa shape index (κ3) is 4.45. The zero-order chi connectivity index (χ0) is 13.8. The summed E-state index contributed by atoms with van der Waals surface area (Å²) in [7, 11) is 0. The number of nitrogens with zero attached hydrogens (tertiary/aromatic N) is 1. The van der Waals surface area contributed by atoms with Gasteiger partial charge in [0.15, 0.2) is 0 Å². The van der Waals surface area contributed by atoms with E-state index in [1.165, 1.54) is 11.0 Å². The molecule has 104 valence electrons. The lowest BCUT2D eigenvalue weighted by atomic mass is 10.2. The van der Waals surface area contributed by atoms with Crippen LogP contribution in [0.3, 0.4) is 0 Å². The first-order valence-electron chi connectivity index (χ1n) is 6.39. The van der Waals surface area contributed by atoms with Crippen LogP contribution in [0.2, 0.25) is 0 Å². The normalized spacial score (nSPS) is 24.9. The number of carboxylic acids is 1. The van der Waals surface area contributed by atoms with Crippen LogP contribution in [0.15, 0.2) is 17.5 Å². The first-order valence-corrected chi connectivity index (χ1v) is 7.27. The molecule has 0 radical (unpaired) electrons. The van der Waals surface area contributed by atoms with Crippen LogP contribution in [0.5, 0.6) is 0 Å². The van der Waals surface area contributed by atoms with Gasteiger partial charge in [-0.05, 0) is 36.9 Å². The third-order valence-electron chi connectivity index (χ3n) is 2.97. The first kappa shape index (κ1) is 14.2. The van der Waals surface area contributed by atoms with Crippen molar-refractivity contribution in [2.45, 2.75) is 32.6 Å². The minimum atomic E-state index is -0.913. The molecule has 0 bridgehead atoms. The molecule has 1 aliphatic heterocycles. The van der Waals surface area contributed by atoms with E-state index in [4.69, 9.17) is 9.84 Å². The van der Waals surface area contributed by atoms with Crippen molar-refractivity contribution < 1.29 is 14.6 Å². The van der Waals surface area contributed by atoms with Crippen LogP contribution in [-0.2, 0) is 16.1 Å². The fourth-order valence-corrected chi connectivity index (χ4v) is 3.26. The standard InChI is InChI=1S/C14H19NO3S/c1-10-6-15(7-11(2)18-10)8-13-5-12(9-19-13)3-4-14(16)17/h3-5,9-11H,6-8H2,1-2H3,(H,16,17). The molecule has 1 saturated heterocycles. The molecule has 0 aliphatic carbocycles. The molecule has 5 heteroatoms. The van der Waals surface area contributed by atoms with E-state index in [1.807, 2.05) is 5.38 Å². The lowest BCUT2D eigenvalue weighted by molar-refractivity contribution is -0.131. The zero-order valence-corrected chi connectivity index (χ0v) is 12.0. The van der Waals surface area contributed by atoms with E-state index >= 15 is 0 Å². The Labute approximate surface area is 117 Å². The van der Waals surface area contributed by atoms with Crippen LogP contribution in [0, 0.1) is 0 Å². The summed E-state index contributed by atoms with van der Waals surface area (Å²) in [6.07, 6.45) is 3.35. The number of ether oxygens (including phenoxy) is 1. The van der Waals surface area contributed by atoms with Crippen molar-refractivity contribution in [2.75, 3.05) is 13.1 Å². The molecule has 2 rings (SSSR count). The van der Waals surface area contributed by atoms with Gasteiger partial charge in [-0.3, -0.25) is 4.90 Å². The molecule has 0 amide bonds. The van der Waals surface area contributed by atoms with Crippen molar-refractivity contribution in [1.82, 2.24) is 4.90 Å². The van der Waals surface area contributed by atoms with Gasteiger partial charge in [-0.25, -0.2) is 4.79 Å². The molecule has 0 spiro atoms. The monoisotopic (exact) mass is 281 g/mol. The summed E-state index contributed by atoms with van der Waals surface area (Å²) in [4.78, 5) is 14.1. The Balaban J connectivity index is 1.94. The van der Waals surface area contributed by atoms with Crippen LogP contribution < -0.4 is 0 Å². The number of thiophene rings is 1. The molecule has 1 aliphatic rings. The summed E-state index contributed by atoms with van der Waals surface area (Å²) < 4.78 is 5.71. The van der Waals surface area contributed by atoms with Crippen molar-refractivity contribution in [3.63, 3.8) is 0 Å². The van der Waals surface area contributed by atoms with Crippen LogP contribution in [0.25, 0.3) is 6.08 Å². The van der Waals surface area contributed by atoms with E-state index in [2.05, 4.69) is 24.8 Å². The second-order valence-corrected chi connectivity index (χ2v) is 5.97. The topological polar surface area (TPSA) is 49.8 Å². The lowest BCUT2D eigenvalue weighted by Gasteiger charge is -2.34. The smallest absolute Gasteiger partial charge is 0.328 e. The molecule has 1 aromatic rings. The van der Waals surface area contributed by atoms with Gasteiger partial charge in [0.05, 0.1) is 12.2 Å². The summed E-state index contributed by atoms with van der Waals surface area (Å²) in [5.41, 5.74) is 0.955. The summed E-state index contributed by atoms with van der Waals surface area (Å²) in [6.45, 7) is 6.99. The maximum Gasteiger partial charge on any atom is 0.328 e. The van der Waals surface area contributed by atoms with Crippen molar-refractivity contribution >= 4 is 23.4 Å². The van der Waals surface area contributed by atoms with Crippen LogP contribution in [-0.4, -0.2) is 41.3 Å². The first-order chi connectivity index (χ1) is 9.02. The molecule has 1 fully saturated rings. The second kappa shape index (κ2) is 6.32. The van der Waals surface area contributed by atoms with Crippen LogP contribution in [0.1, 0.15) is 24.3 Å². The number of carboxylic acid groups (broad SMARTS) is 1. The SMILES string of the molecule is CC1CN(Cc2cc(C=CC(=O)O)cs2)CC(C)O1. The molecule has 0 aromatic carbocycles. The third-order valence-corrected chi connectivity index (χ3v) is 3.91. The predicted octanol–water partition coefficient (Wildman–Crippen LogP) is 2.46. The van der Waals surface area contributed by atoms with Gasteiger partial charge in [-0.2, -0.15) is 0 Å². The molecular weight excluding hydrogens is 262 g/mol. The van der Waals surface area contributed by atoms with Gasteiger partial charge in [0, 0.05) is 30.6 Å². The molecule has 1 N–H and O–H groups in total. The number of hydrogen-bond acceptors (Lipinski definition) is 4. The molecule has 19 heavy (non-hydrogen) atoms. The summed E-state index contributed by atoms with van der Waals surface area (Å²) in [6, 6.07) is 2.05. The zero-order valence-electron chi connectivity index (χ0n) is 11.2. The van der Waals surface area contributed by atoms with Gasteiger partial charge in [-0.1, -0.05) is 0 Å². The highest BCUT2D eigenvalue weighted by atomic mass is 32.1. The van der Waals surface area contributed by atoms with Gasteiger partial charge >= 0.3 is 5.97 Å². The van der Waals surface area contributed by atoms with E-state index in [1.54, 1.807) is 17.4 Å². The molecule has 1 aromatic heterocycles. The van der Waals surface area contributed by atoms with Gasteiger partial charge in [0.25, 0.3) is 0 Å². The van der Waals surface area contributed by atoms with E-state index in [0.717, 1.165) is 25.2 Å². The Morgan fingerprint density at radius 2 is 2.21 bits per heavy atom. The summed E-state index contributed by atoms with van der Waals surface area (Å²) in [5, 5.41) is 10.6. The minimum absolute atomic E-state index is 0.273. The lowest BCUT2D eigenvalue weighted by Crippen LogP contribution is -2.44. The van der Waals surface area contributed by atoms with E-state index in [0.29, 0.717) is 0 Å². The van der Waals surface area contributed by atoms with Crippen molar-refractivity contribution in [3.05, 3.63) is 28.0 Å². The van der Waals surface area contributed by atoms with Crippen molar-refractivity contribution in [1.29, 1.82) is 0 Å². The fourth-order valence-electron chi connectivity index (χ4n) is 2.37. The Morgan fingerprint density at radius 3 is 2.84 bits per heavy atom. The van der Waals surface area contributed by atoms with Crippen molar-refractivity contribution in [3.8, 4) is 0 Å². The molecule has 2 unspecified atom stereocenters. The number of aliphatic carboxylic acids is 1. The number of rotatable bonds is 4. The maximum absolute atomic E-state index is 10.5. The summed E-state index contributed by atoms with van der Waals surface area (Å²) in [5.74, 6) is -0.913. The van der Waals surface area contributed by atoms with E-state index in [-0.39, 0.29) is 12.2 Å². The molecule has 4 nitrogen and oxygen atoms in total. The highest BCUT2D eigenvalue weighted by molar-refractivity contribution is 7.10. The van der Waals surface area contributed by atoms with Crippen molar-refractivity contribution in [2.24, 2.45) is 0 Å². The Bertz CT molecular complexity index is 459. The number of morpholine rings is 1. The number of hydrogen-bond donors (Lipinski definition) is 1. The van der Waals surface area contributed by atoms with E-state index in [9.17, 15) is 4.79 Å². The Morgan fingerprint density at radius 1 is 1.53 bits per heavy atom. The quantitative estimate of drug-likeness (QED) is 0.861. The van der Waals surface area contributed by atoms with Crippen LogP contribution >= 0.6 is 11.3 Å². The van der Waals surface area contributed by atoms with E-state index < -0.39 is 5.97 Å². The Hall–Kier alpha value is -1.17. The molecule has 2 heterocycles.